The number of amides is 1. The van der Waals surface area contributed by atoms with Crippen LogP contribution in [-0.4, -0.2) is 62.4 Å². The summed E-state index contributed by atoms with van der Waals surface area (Å²) >= 11 is 0. The fourth-order valence-electron chi connectivity index (χ4n) is 3.45. The normalized spacial score (nSPS) is 19.2. The van der Waals surface area contributed by atoms with Gasteiger partial charge in [-0.15, -0.1) is 0 Å². The molecule has 8 nitrogen and oxygen atoms in total. The fourth-order valence-corrected chi connectivity index (χ4v) is 3.45. The van der Waals surface area contributed by atoms with Crippen molar-refractivity contribution in [2.45, 2.75) is 24.8 Å². The van der Waals surface area contributed by atoms with E-state index in [0.29, 0.717) is 6.54 Å². The molecule has 0 spiro atoms. The molecule has 3 rings (SSSR count). The minimum absolute atomic E-state index is 0.0975. The van der Waals surface area contributed by atoms with Gasteiger partial charge in [0.25, 0.3) is 0 Å². The average molecular weight is 343 g/mol. The third-order valence-electron chi connectivity index (χ3n) is 4.73. The summed E-state index contributed by atoms with van der Waals surface area (Å²) in [5, 5.41) is 0. The van der Waals surface area contributed by atoms with Crippen molar-refractivity contribution in [1.82, 2.24) is 29.3 Å². The number of likely N-dealkylation sites (tertiary alicyclic amines) is 1. The number of anilines is 1. The lowest BCUT2D eigenvalue weighted by molar-refractivity contribution is -0.137. The van der Waals surface area contributed by atoms with Crippen molar-refractivity contribution in [3.8, 4) is 0 Å². The number of piperidine rings is 1. The highest BCUT2D eigenvalue weighted by atomic mass is 16.2. The number of nitrogens with zero attached hydrogens (tertiary/aromatic N) is 6. The Morgan fingerprint density at radius 2 is 2.24 bits per heavy atom. The first-order valence-electron chi connectivity index (χ1n) is 8.47. The van der Waals surface area contributed by atoms with Gasteiger partial charge in [0.05, 0.1) is 23.9 Å². The molecule has 0 radical (unpaired) electrons. The van der Waals surface area contributed by atoms with E-state index < -0.39 is 0 Å². The van der Waals surface area contributed by atoms with Crippen molar-refractivity contribution in [3.05, 3.63) is 36.2 Å². The summed E-state index contributed by atoms with van der Waals surface area (Å²) in [6.07, 6.45) is 7.11. The number of rotatable bonds is 4. The zero-order valence-electron chi connectivity index (χ0n) is 15.0. The lowest BCUT2D eigenvalue weighted by Gasteiger charge is -2.36. The predicted octanol–water partition coefficient (Wildman–Crippen LogP) is 0.801. The number of hydrogen-bond donors (Lipinski definition) is 1. The van der Waals surface area contributed by atoms with Gasteiger partial charge in [0.15, 0.2) is 0 Å². The highest BCUT2D eigenvalue weighted by Crippen LogP contribution is 2.29. The molecule has 134 valence electrons. The van der Waals surface area contributed by atoms with E-state index in [4.69, 9.17) is 5.73 Å². The molecule has 8 heteroatoms. The van der Waals surface area contributed by atoms with Gasteiger partial charge in [0, 0.05) is 32.3 Å². The molecule has 0 bridgehead atoms. The lowest BCUT2D eigenvalue weighted by atomic mass is 9.94. The molecule has 1 saturated heterocycles. The van der Waals surface area contributed by atoms with Crippen LogP contribution in [0.3, 0.4) is 0 Å². The Bertz CT molecular complexity index is 742. The Labute approximate surface area is 147 Å². The van der Waals surface area contributed by atoms with Gasteiger partial charge in [-0.2, -0.15) is 0 Å². The third kappa shape index (κ3) is 3.63. The van der Waals surface area contributed by atoms with E-state index in [1.807, 2.05) is 41.6 Å². The van der Waals surface area contributed by atoms with Crippen molar-refractivity contribution in [1.29, 1.82) is 0 Å². The first-order chi connectivity index (χ1) is 12.0. The van der Waals surface area contributed by atoms with Crippen LogP contribution < -0.4 is 5.73 Å². The van der Waals surface area contributed by atoms with Gasteiger partial charge in [-0.05, 0) is 33.0 Å². The number of aromatic nitrogens is 4. The molecule has 2 aromatic rings. The van der Waals surface area contributed by atoms with Crippen molar-refractivity contribution in [2.24, 2.45) is 7.05 Å². The Kier molecular flexibility index (Phi) is 4.98. The summed E-state index contributed by atoms with van der Waals surface area (Å²) in [7, 11) is 5.75. The maximum absolute atomic E-state index is 13.2. The first kappa shape index (κ1) is 17.3. The monoisotopic (exact) mass is 343 g/mol. The zero-order chi connectivity index (χ0) is 18.0. The number of imidazole rings is 1. The molecular weight excluding hydrogens is 318 g/mol. The van der Waals surface area contributed by atoms with Crippen LogP contribution >= 0.6 is 0 Å². The van der Waals surface area contributed by atoms with Crippen LogP contribution in [-0.2, 0) is 11.8 Å². The molecule has 1 fully saturated rings. The quantitative estimate of drug-likeness (QED) is 0.883. The molecule has 2 unspecified atom stereocenters. The zero-order valence-corrected chi connectivity index (χ0v) is 15.0. The molecule has 2 atom stereocenters. The first-order valence-corrected chi connectivity index (χ1v) is 8.47. The van der Waals surface area contributed by atoms with Crippen LogP contribution in [0.4, 0.5) is 5.95 Å². The van der Waals surface area contributed by atoms with Crippen LogP contribution in [0.2, 0.25) is 0 Å². The van der Waals surface area contributed by atoms with E-state index >= 15 is 0 Å². The Balaban J connectivity index is 1.80. The van der Waals surface area contributed by atoms with E-state index in [1.165, 1.54) is 0 Å². The standard InChI is InChI=1S/C17H25N7O/c1-22(2)15(14-9-19-11-23(14)3)16(25)24-8-4-5-12(10-24)13-6-7-20-17(18)21-13/h6-7,9,11-12,15H,4-5,8,10H2,1-3H3,(H2,18,20,21). The third-order valence-corrected chi connectivity index (χ3v) is 4.73. The van der Waals surface area contributed by atoms with Crippen LogP contribution in [0, 0.1) is 0 Å². The second-order valence-corrected chi connectivity index (χ2v) is 6.76. The van der Waals surface area contributed by atoms with Gasteiger partial charge >= 0.3 is 0 Å². The lowest BCUT2D eigenvalue weighted by Crippen LogP contribution is -2.45. The molecule has 1 aliphatic heterocycles. The summed E-state index contributed by atoms with van der Waals surface area (Å²) in [6.45, 7) is 1.41. The summed E-state index contributed by atoms with van der Waals surface area (Å²) in [6, 6.07) is 1.54. The molecule has 0 aliphatic carbocycles. The van der Waals surface area contributed by atoms with Gasteiger partial charge < -0.3 is 15.2 Å². The summed E-state index contributed by atoms with van der Waals surface area (Å²) in [5.41, 5.74) is 7.51. The number of likely N-dealkylation sites (N-methyl/N-ethyl adjacent to an activating group) is 1. The molecule has 2 aromatic heterocycles. The number of aryl methyl sites for hydroxylation is 1. The number of carbonyl (C=O) groups is 1. The minimum Gasteiger partial charge on any atom is -0.368 e. The Morgan fingerprint density at radius 3 is 2.88 bits per heavy atom. The molecule has 0 saturated carbocycles. The van der Waals surface area contributed by atoms with Crippen molar-refractivity contribution < 1.29 is 4.79 Å². The Hall–Kier alpha value is -2.48. The maximum atomic E-state index is 13.2. The fraction of sp³-hybridized carbons (Fsp3) is 0.529. The van der Waals surface area contributed by atoms with E-state index in [2.05, 4.69) is 15.0 Å². The summed E-state index contributed by atoms with van der Waals surface area (Å²) in [4.78, 5) is 29.5. The highest BCUT2D eigenvalue weighted by Gasteiger charge is 2.33. The second-order valence-electron chi connectivity index (χ2n) is 6.76. The van der Waals surface area contributed by atoms with Gasteiger partial charge in [-0.25, -0.2) is 15.0 Å². The SMILES string of the molecule is CN(C)C(C(=O)N1CCCC(c2ccnc(N)n2)C1)c1cncn1C. The van der Waals surface area contributed by atoms with E-state index in [9.17, 15) is 4.79 Å². The van der Waals surface area contributed by atoms with E-state index in [0.717, 1.165) is 30.8 Å². The van der Waals surface area contributed by atoms with Gasteiger partial charge in [-0.1, -0.05) is 0 Å². The molecule has 25 heavy (non-hydrogen) atoms. The topological polar surface area (TPSA) is 93.2 Å². The van der Waals surface area contributed by atoms with Crippen LogP contribution in [0.5, 0.6) is 0 Å². The Morgan fingerprint density at radius 1 is 1.44 bits per heavy atom. The van der Waals surface area contributed by atoms with E-state index in [1.54, 1.807) is 18.7 Å². The largest absolute Gasteiger partial charge is 0.368 e. The van der Waals surface area contributed by atoms with Gasteiger partial charge in [0.1, 0.15) is 6.04 Å². The molecular formula is C17H25N7O. The molecule has 1 amide bonds. The van der Waals surface area contributed by atoms with Crippen molar-refractivity contribution >= 4 is 11.9 Å². The predicted molar refractivity (Wildman–Crippen MR) is 94.6 cm³/mol. The molecule has 2 N–H and O–H groups in total. The van der Waals surface area contributed by atoms with Crippen LogP contribution in [0.15, 0.2) is 24.8 Å². The summed E-state index contributed by atoms with van der Waals surface area (Å²) in [5.74, 6) is 0.569. The number of nitrogen functional groups attached to an aromatic ring is 1. The number of carbonyl (C=O) groups excluding carboxylic acids is 1. The highest BCUT2D eigenvalue weighted by molar-refractivity contribution is 5.83. The average Bonchev–Trinajstić information content (AvgIpc) is 3.00. The minimum atomic E-state index is -0.346. The molecule has 1 aliphatic rings. The van der Waals surface area contributed by atoms with Gasteiger partial charge in [0.2, 0.25) is 11.9 Å². The molecule has 3 heterocycles. The van der Waals surface area contributed by atoms with Crippen LogP contribution in [0.1, 0.15) is 36.2 Å². The molecule has 0 aromatic carbocycles. The summed E-state index contributed by atoms with van der Waals surface area (Å²) < 4.78 is 1.90. The number of nitrogens with two attached hydrogens (primary N) is 1. The smallest absolute Gasteiger partial charge is 0.246 e. The van der Waals surface area contributed by atoms with Crippen LogP contribution in [0.25, 0.3) is 0 Å². The van der Waals surface area contributed by atoms with Crippen molar-refractivity contribution in [2.75, 3.05) is 32.9 Å². The number of hydrogen-bond acceptors (Lipinski definition) is 6. The second kappa shape index (κ2) is 7.18. The van der Waals surface area contributed by atoms with Gasteiger partial charge in [-0.3, -0.25) is 9.69 Å². The van der Waals surface area contributed by atoms with Crippen molar-refractivity contribution in [3.63, 3.8) is 0 Å². The maximum Gasteiger partial charge on any atom is 0.246 e. The van der Waals surface area contributed by atoms with E-state index in [-0.39, 0.29) is 23.8 Å².